The number of carbonyl (C=O) groups excluding carboxylic acids is 1. The van der Waals surface area contributed by atoms with Gasteiger partial charge in [-0.1, -0.05) is 0 Å². The summed E-state index contributed by atoms with van der Waals surface area (Å²) in [5.41, 5.74) is 0.739. The summed E-state index contributed by atoms with van der Waals surface area (Å²) in [6.45, 7) is 4.17. The van der Waals surface area contributed by atoms with E-state index in [1.165, 1.54) is 0 Å². The maximum absolute atomic E-state index is 12.4. The summed E-state index contributed by atoms with van der Waals surface area (Å²) < 4.78 is 5.53. The molecule has 0 saturated carbocycles. The molecule has 120 valence electrons. The number of hydrogen-bond acceptors (Lipinski definition) is 4. The number of likely N-dealkylation sites (tertiary alicyclic amines) is 1. The van der Waals surface area contributed by atoms with Crippen molar-refractivity contribution in [3.63, 3.8) is 0 Å². The van der Waals surface area contributed by atoms with Crippen LogP contribution in [0.5, 0.6) is 11.8 Å². The van der Waals surface area contributed by atoms with Gasteiger partial charge in [0.15, 0.2) is 0 Å². The molecule has 1 aromatic heterocycles. The second-order valence-corrected chi connectivity index (χ2v) is 5.77. The van der Waals surface area contributed by atoms with Gasteiger partial charge in [-0.25, -0.2) is 14.8 Å². The van der Waals surface area contributed by atoms with Crippen molar-refractivity contribution in [2.45, 2.75) is 38.8 Å². The Balaban J connectivity index is 1.62. The van der Waals surface area contributed by atoms with Crippen LogP contribution in [0.1, 0.15) is 26.7 Å². The highest BCUT2D eigenvalue weighted by Crippen LogP contribution is 2.25. The Morgan fingerprint density at radius 3 is 2.35 bits per heavy atom. The molecule has 3 rings (SSSR count). The van der Waals surface area contributed by atoms with Gasteiger partial charge in [0.05, 0.1) is 0 Å². The summed E-state index contributed by atoms with van der Waals surface area (Å²) in [5.74, 6) is 0.622. The van der Waals surface area contributed by atoms with Crippen LogP contribution in [0.4, 0.5) is 10.5 Å². The van der Waals surface area contributed by atoms with Crippen molar-refractivity contribution in [3.05, 3.63) is 42.7 Å². The SMILES string of the molecule is CC1CCC(C)N1C(=O)Nc1ccc(Oc2ncccn2)cc1. The minimum Gasteiger partial charge on any atom is -0.424 e. The fourth-order valence-electron chi connectivity index (χ4n) is 2.83. The van der Waals surface area contributed by atoms with Crippen molar-refractivity contribution in [3.8, 4) is 11.8 Å². The first-order chi connectivity index (χ1) is 11.1. The topological polar surface area (TPSA) is 67.4 Å². The second-order valence-electron chi connectivity index (χ2n) is 5.77. The summed E-state index contributed by atoms with van der Waals surface area (Å²) >= 11 is 0. The molecular weight excluding hydrogens is 292 g/mol. The van der Waals surface area contributed by atoms with E-state index in [9.17, 15) is 4.79 Å². The maximum atomic E-state index is 12.4. The summed E-state index contributed by atoms with van der Waals surface area (Å²) in [6.07, 6.45) is 5.35. The number of aromatic nitrogens is 2. The second kappa shape index (κ2) is 6.64. The van der Waals surface area contributed by atoms with E-state index in [2.05, 4.69) is 29.1 Å². The highest BCUT2D eigenvalue weighted by molar-refractivity contribution is 5.90. The van der Waals surface area contributed by atoms with Crippen LogP contribution in [-0.4, -0.2) is 33.0 Å². The first-order valence-corrected chi connectivity index (χ1v) is 7.78. The number of benzene rings is 1. The molecule has 6 heteroatoms. The van der Waals surface area contributed by atoms with Crippen molar-refractivity contribution in [2.75, 3.05) is 5.32 Å². The Hall–Kier alpha value is -2.63. The lowest BCUT2D eigenvalue weighted by Gasteiger charge is -2.26. The summed E-state index contributed by atoms with van der Waals surface area (Å²) in [5, 5.41) is 2.94. The minimum atomic E-state index is -0.0532. The van der Waals surface area contributed by atoms with Gasteiger partial charge < -0.3 is 15.0 Å². The standard InChI is InChI=1S/C17H20N4O2/c1-12-4-5-13(2)21(12)17(22)20-14-6-8-15(9-7-14)23-16-18-10-3-11-19-16/h3,6-13H,4-5H2,1-2H3,(H,20,22). The number of ether oxygens (including phenoxy) is 1. The predicted molar refractivity (Wildman–Crippen MR) is 87.6 cm³/mol. The lowest BCUT2D eigenvalue weighted by molar-refractivity contribution is 0.194. The average molecular weight is 312 g/mol. The molecule has 2 heterocycles. The molecule has 0 aliphatic carbocycles. The zero-order valence-electron chi connectivity index (χ0n) is 13.3. The molecule has 2 aromatic rings. The van der Waals surface area contributed by atoms with Crippen LogP contribution in [0.3, 0.4) is 0 Å². The van der Waals surface area contributed by atoms with E-state index < -0.39 is 0 Å². The third-order valence-electron chi connectivity index (χ3n) is 4.04. The zero-order chi connectivity index (χ0) is 16.2. The van der Waals surface area contributed by atoms with E-state index in [1.807, 2.05) is 17.0 Å². The predicted octanol–water partition coefficient (Wildman–Crippen LogP) is 3.67. The van der Waals surface area contributed by atoms with Gasteiger partial charge in [-0.3, -0.25) is 0 Å². The van der Waals surface area contributed by atoms with Gasteiger partial charge in [0.1, 0.15) is 5.75 Å². The maximum Gasteiger partial charge on any atom is 0.322 e. The number of nitrogens with one attached hydrogen (secondary N) is 1. The number of carbonyl (C=O) groups is 1. The minimum absolute atomic E-state index is 0.0532. The van der Waals surface area contributed by atoms with Crippen molar-refractivity contribution < 1.29 is 9.53 Å². The van der Waals surface area contributed by atoms with Crippen molar-refractivity contribution in [1.82, 2.24) is 14.9 Å². The largest absolute Gasteiger partial charge is 0.424 e. The van der Waals surface area contributed by atoms with Crippen LogP contribution in [0.2, 0.25) is 0 Å². The van der Waals surface area contributed by atoms with Crippen LogP contribution in [-0.2, 0) is 0 Å². The number of rotatable bonds is 3. The number of anilines is 1. The first kappa shape index (κ1) is 15.3. The quantitative estimate of drug-likeness (QED) is 0.939. The third kappa shape index (κ3) is 3.59. The first-order valence-electron chi connectivity index (χ1n) is 7.78. The molecule has 0 radical (unpaired) electrons. The van der Waals surface area contributed by atoms with Crippen molar-refractivity contribution in [1.29, 1.82) is 0 Å². The number of hydrogen-bond donors (Lipinski definition) is 1. The van der Waals surface area contributed by atoms with Crippen LogP contribution in [0, 0.1) is 0 Å². The average Bonchev–Trinajstić information content (AvgIpc) is 2.89. The van der Waals surface area contributed by atoms with Crippen LogP contribution in [0.15, 0.2) is 42.7 Å². The molecule has 2 amide bonds. The molecule has 1 fully saturated rings. The zero-order valence-corrected chi connectivity index (χ0v) is 13.3. The van der Waals surface area contributed by atoms with Gasteiger partial charge in [-0.05, 0) is 57.0 Å². The highest BCUT2D eigenvalue weighted by atomic mass is 16.5. The Kier molecular flexibility index (Phi) is 4.41. The van der Waals surface area contributed by atoms with E-state index >= 15 is 0 Å². The fraction of sp³-hybridized carbons (Fsp3) is 0.353. The van der Waals surface area contributed by atoms with E-state index in [1.54, 1.807) is 30.6 Å². The lowest BCUT2D eigenvalue weighted by atomic mass is 10.2. The summed E-state index contributed by atoms with van der Waals surface area (Å²) in [6, 6.07) is 9.71. The molecule has 1 aliphatic heterocycles. The van der Waals surface area contributed by atoms with E-state index in [0.29, 0.717) is 11.8 Å². The molecule has 2 unspecified atom stereocenters. The summed E-state index contributed by atoms with van der Waals surface area (Å²) in [4.78, 5) is 22.3. The molecule has 23 heavy (non-hydrogen) atoms. The van der Waals surface area contributed by atoms with Crippen molar-refractivity contribution >= 4 is 11.7 Å². The molecule has 2 atom stereocenters. The van der Waals surface area contributed by atoms with Gasteiger partial charge in [-0.15, -0.1) is 0 Å². The van der Waals surface area contributed by atoms with Gasteiger partial charge in [0.2, 0.25) is 0 Å². The van der Waals surface area contributed by atoms with Crippen LogP contribution in [0.25, 0.3) is 0 Å². The number of amides is 2. The van der Waals surface area contributed by atoms with E-state index in [-0.39, 0.29) is 18.1 Å². The molecule has 1 aliphatic rings. The molecule has 1 N–H and O–H groups in total. The Labute approximate surface area is 135 Å². The Morgan fingerprint density at radius 2 is 1.74 bits per heavy atom. The van der Waals surface area contributed by atoms with Gasteiger partial charge in [0, 0.05) is 30.2 Å². The van der Waals surface area contributed by atoms with E-state index in [4.69, 9.17) is 4.74 Å². The molecule has 1 saturated heterocycles. The molecule has 0 spiro atoms. The molecule has 0 bridgehead atoms. The van der Waals surface area contributed by atoms with E-state index in [0.717, 1.165) is 18.5 Å². The van der Waals surface area contributed by atoms with Gasteiger partial charge in [-0.2, -0.15) is 0 Å². The lowest BCUT2D eigenvalue weighted by Crippen LogP contribution is -2.41. The Bertz CT molecular complexity index is 650. The highest BCUT2D eigenvalue weighted by Gasteiger charge is 2.31. The fourth-order valence-corrected chi connectivity index (χ4v) is 2.83. The summed E-state index contributed by atoms with van der Waals surface area (Å²) in [7, 11) is 0. The number of nitrogens with zero attached hydrogens (tertiary/aromatic N) is 3. The van der Waals surface area contributed by atoms with Gasteiger partial charge in [0.25, 0.3) is 0 Å². The van der Waals surface area contributed by atoms with Crippen LogP contribution >= 0.6 is 0 Å². The monoisotopic (exact) mass is 312 g/mol. The molecule has 6 nitrogen and oxygen atoms in total. The van der Waals surface area contributed by atoms with Crippen molar-refractivity contribution in [2.24, 2.45) is 0 Å². The Morgan fingerprint density at radius 1 is 1.13 bits per heavy atom. The normalized spacial score (nSPS) is 20.3. The number of urea groups is 1. The van der Waals surface area contributed by atoms with Crippen LogP contribution < -0.4 is 10.1 Å². The van der Waals surface area contributed by atoms with Gasteiger partial charge >= 0.3 is 12.0 Å². The molecule has 1 aromatic carbocycles. The third-order valence-corrected chi connectivity index (χ3v) is 4.04. The molecular formula is C17H20N4O2. The smallest absolute Gasteiger partial charge is 0.322 e.